The van der Waals surface area contributed by atoms with E-state index in [2.05, 4.69) is 4.90 Å². The van der Waals surface area contributed by atoms with Crippen LogP contribution in [-0.2, 0) is 4.79 Å². The topological polar surface area (TPSA) is 40.5 Å². The summed E-state index contributed by atoms with van der Waals surface area (Å²) in [7, 11) is 0. The van der Waals surface area contributed by atoms with Crippen LogP contribution >= 0.6 is 12.4 Å². The molecule has 1 saturated carbocycles. The summed E-state index contributed by atoms with van der Waals surface area (Å²) in [5.74, 6) is 0.151. The molecule has 0 radical (unpaired) electrons. The molecule has 0 aromatic rings. The zero-order valence-electron chi connectivity index (χ0n) is 9.73. The number of carboxylic acids is 1. The van der Waals surface area contributed by atoms with Crippen LogP contribution in [0.4, 0.5) is 0 Å². The van der Waals surface area contributed by atoms with Crippen LogP contribution in [-0.4, -0.2) is 35.1 Å². The molecule has 0 aromatic carbocycles. The third-order valence-electron chi connectivity index (χ3n) is 3.87. The van der Waals surface area contributed by atoms with E-state index in [-0.39, 0.29) is 18.4 Å². The second kappa shape index (κ2) is 6.45. The van der Waals surface area contributed by atoms with Crippen molar-refractivity contribution in [3.05, 3.63) is 0 Å². The molecule has 2 rings (SSSR count). The minimum absolute atomic E-state index is 0. The van der Waals surface area contributed by atoms with Crippen molar-refractivity contribution in [1.82, 2.24) is 4.90 Å². The third-order valence-corrected chi connectivity index (χ3v) is 3.87. The fraction of sp³-hybridized carbons (Fsp3) is 0.917. The molecule has 0 spiro atoms. The van der Waals surface area contributed by atoms with E-state index in [0.717, 1.165) is 31.8 Å². The lowest BCUT2D eigenvalue weighted by molar-refractivity contribution is -0.144. The van der Waals surface area contributed by atoms with Crippen LogP contribution in [0, 0.1) is 5.92 Å². The summed E-state index contributed by atoms with van der Waals surface area (Å²) < 4.78 is 0. The largest absolute Gasteiger partial charge is 0.480 e. The summed E-state index contributed by atoms with van der Waals surface area (Å²) in [5.41, 5.74) is 0. The zero-order valence-corrected chi connectivity index (χ0v) is 10.5. The minimum Gasteiger partial charge on any atom is -0.480 e. The van der Waals surface area contributed by atoms with Crippen molar-refractivity contribution in [2.75, 3.05) is 13.1 Å². The molecule has 1 aliphatic heterocycles. The third kappa shape index (κ3) is 3.36. The maximum Gasteiger partial charge on any atom is 0.320 e. The number of likely N-dealkylation sites (tertiary alicyclic amines) is 1. The monoisotopic (exact) mass is 247 g/mol. The van der Waals surface area contributed by atoms with Crippen molar-refractivity contribution in [3.63, 3.8) is 0 Å². The number of carboxylic acid groups (broad SMARTS) is 1. The lowest BCUT2D eigenvalue weighted by Gasteiger charge is -2.34. The van der Waals surface area contributed by atoms with Gasteiger partial charge in [-0.1, -0.05) is 19.3 Å². The Hall–Kier alpha value is -0.280. The molecule has 1 saturated heterocycles. The highest BCUT2D eigenvalue weighted by atomic mass is 35.5. The number of hydrogen-bond donors (Lipinski definition) is 1. The van der Waals surface area contributed by atoms with E-state index >= 15 is 0 Å². The van der Waals surface area contributed by atoms with E-state index in [1.165, 1.54) is 32.1 Å². The fourth-order valence-electron chi connectivity index (χ4n) is 3.01. The van der Waals surface area contributed by atoms with Gasteiger partial charge in [-0.2, -0.15) is 0 Å². The fourth-order valence-corrected chi connectivity index (χ4v) is 3.01. The van der Waals surface area contributed by atoms with Gasteiger partial charge in [-0.3, -0.25) is 9.69 Å². The number of halogens is 1. The van der Waals surface area contributed by atoms with Gasteiger partial charge in [-0.25, -0.2) is 0 Å². The molecular weight excluding hydrogens is 226 g/mol. The number of rotatable bonds is 3. The highest BCUT2D eigenvalue weighted by Gasteiger charge is 2.30. The molecule has 4 heteroatoms. The van der Waals surface area contributed by atoms with Gasteiger partial charge in [0.1, 0.15) is 6.04 Å². The molecule has 16 heavy (non-hydrogen) atoms. The first kappa shape index (κ1) is 13.8. The van der Waals surface area contributed by atoms with Gasteiger partial charge >= 0.3 is 5.97 Å². The molecule has 1 heterocycles. The maximum atomic E-state index is 11.1. The average molecular weight is 248 g/mol. The summed E-state index contributed by atoms with van der Waals surface area (Å²) >= 11 is 0. The molecule has 0 bridgehead atoms. The van der Waals surface area contributed by atoms with Crippen molar-refractivity contribution >= 4 is 18.4 Å². The Morgan fingerprint density at radius 2 is 1.75 bits per heavy atom. The van der Waals surface area contributed by atoms with Crippen LogP contribution in [0.15, 0.2) is 0 Å². The second-order valence-corrected chi connectivity index (χ2v) is 5.00. The van der Waals surface area contributed by atoms with E-state index in [0.29, 0.717) is 0 Å². The summed E-state index contributed by atoms with van der Waals surface area (Å²) in [6.07, 6.45) is 8.41. The van der Waals surface area contributed by atoms with Crippen LogP contribution < -0.4 is 0 Å². The number of carbonyl (C=O) groups is 1. The van der Waals surface area contributed by atoms with E-state index < -0.39 is 5.97 Å². The molecule has 1 unspecified atom stereocenters. The first-order chi connectivity index (χ1) is 7.27. The Balaban J connectivity index is 0.00000128. The van der Waals surface area contributed by atoms with Crippen LogP contribution in [0.1, 0.15) is 44.9 Å². The summed E-state index contributed by atoms with van der Waals surface area (Å²) in [5, 5.41) is 9.14. The molecule has 0 amide bonds. The molecule has 3 nitrogen and oxygen atoms in total. The summed E-state index contributed by atoms with van der Waals surface area (Å²) in [6.45, 7) is 2.02. The molecule has 2 fully saturated rings. The van der Waals surface area contributed by atoms with Gasteiger partial charge in [-0.15, -0.1) is 12.4 Å². The molecule has 0 aromatic heterocycles. The van der Waals surface area contributed by atoms with Gasteiger partial charge in [0.2, 0.25) is 0 Å². The average Bonchev–Trinajstić information content (AvgIpc) is 2.71. The van der Waals surface area contributed by atoms with Crippen molar-refractivity contribution in [3.8, 4) is 0 Å². The van der Waals surface area contributed by atoms with E-state index in [4.69, 9.17) is 5.11 Å². The Labute approximate surface area is 104 Å². The first-order valence-electron chi connectivity index (χ1n) is 6.24. The molecule has 1 aliphatic carbocycles. The Morgan fingerprint density at radius 1 is 1.12 bits per heavy atom. The molecule has 2 aliphatic rings. The van der Waals surface area contributed by atoms with Crippen molar-refractivity contribution in [1.29, 1.82) is 0 Å². The Kier molecular flexibility index (Phi) is 5.56. The second-order valence-electron chi connectivity index (χ2n) is 5.00. The molecule has 1 N–H and O–H groups in total. The maximum absolute atomic E-state index is 11.1. The van der Waals surface area contributed by atoms with Crippen molar-refractivity contribution < 1.29 is 9.90 Å². The van der Waals surface area contributed by atoms with Gasteiger partial charge in [0, 0.05) is 6.54 Å². The van der Waals surface area contributed by atoms with Crippen LogP contribution in [0.3, 0.4) is 0 Å². The van der Waals surface area contributed by atoms with Crippen molar-refractivity contribution in [2.24, 2.45) is 5.92 Å². The predicted octanol–water partition coefficient (Wildman–Crippen LogP) is 2.54. The predicted molar refractivity (Wildman–Crippen MR) is 66.1 cm³/mol. The van der Waals surface area contributed by atoms with Gasteiger partial charge in [-0.05, 0) is 38.1 Å². The summed E-state index contributed by atoms with van der Waals surface area (Å²) in [6, 6.07) is -0.195. The van der Waals surface area contributed by atoms with E-state index in [1.807, 2.05) is 0 Å². The van der Waals surface area contributed by atoms with Crippen LogP contribution in [0.2, 0.25) is 0 Å². The lowest BCUT2D eigenvalue weighted by Crippen LogP contribution is -2.46. The number of aliphatic carboxylic acids is 1. The normalized spacial score (nSPS) is 27.6. The van der Waals surface area contributed by atoms with Crippen molar-refractivity contribution in [2.45, 2.75) is 51.0 Å². The zero-order chi connectivity index (χ0) is 10.7. The highest BCUT2D eigenvalue weighted by Crippen LogP contribution is 2.28. The van der Waals surface area contributed by atoms with Crippen LogP contribution in [0.5, 0.6) is 0 Å². The molecule has 94 valence electrons. The Morgan fingerprint density at radius 3 is 2.38 bits per heavy atom. The van der Waals surface area contributed by atoms with Gasteiger partial charge in [0.15, 0.2) is 0 Å². The van der Waals surface area contributed by atoms with Gasteiger partial charge in [0.25, 0.3) is 0 Å². The molecule has 1 atom stereocenters. The highest BCUT2D eigenvalue weighted by molar-refractivity contribution is 5.85. The standard InChI is InChI=1S/C12H21NO2.ClH/c14-12(15)11-7-3-4-8-13(11)9-10-5-1-2-6-10;/h10-11H,1-9H2,(H,14,15);1H. The van der Waals surface area contributed by atoms with Gasteiger partial charge < -0.3 is 5.11 Å². The number of piperidine rings is 1. The number of hydrogen-bond acceptors (Lipinski definition) is 2. The Bertz CT molecular complexity index is 229. The smallest absolute Gasteiger partial charge is 0.320 e. The van der Waals surface area contributed by atoms with E-state index in [9.17, 15) is 4.79 Å². The summed E-state index contributed by atoms with van der Waals surface area (Å²) in [4.78, 5) is 13.3. The SMILES string of the molecule is Cl.O=C(O)C1CCCCN1CC1CCCC1. The minimum atomic E-state index is -0.618. The lowest BCUT2D eigenvalue weighted by atomic mass is 9.99. The van der Waals surface area contributed by atoms with E-state index in [1.54, 1.807) is 0 Å². The van der Waals surface area contributed by atoms with Gasteiger partial charge in [0.05, 0.1) is 0 Å². The first-order valence-corrected chi connectivity index (χ1v) is 6.24. The molecular formula is C12H22ClNO2. The number of nitrogens with zero attached hydrogens (tertiary/aromatic N) is 1. The quantitative estimate of drug-likeness (QED) is 0.833. The van der Waals surface area contributed by atoms with Crippen LogP contribution in [0.25, 0.3) is 0 Å².